The van der Waals surface area contributed by atoms with Gasteiger partial charge in [0.25, 0.3) is 0 Å². The van der Waals surface area contributed by atoms with Crippen molar-refractivity contribution in [1.82, 2.24) is 0 Å². The molecule has 0 bridgehead atoms. The van der Waals surface area contributed by atoms with Gasteiger partial charge in [0.15, 0.2) is 0 Å². The molecule has 0 saturated heterocycles. The molecule has 128 heavy (non-hydrogen) atoms. The van der Waals surface area contributed by atoms with Gasteiger partial charge in [0.05, 0.1) is 22.2 Å². The third-order valence-electron chi connectivity index (χ3n) is 27.5. The van der Waals surface area contributed by atoms with E-state index >= 15 is 0 Å². The second kappa shape index (κ2) is 32.7. The van der Waals surface area contributed by atoms with E-state index in [1.54, 1.807) is 0 Å². The molecule has 0 aromatic heterocycles. The van der Waals surface area contributed by atoms with Crippen LogP contribution in [0, 0.1) is 0 Å². The zero-order valence-corrected chi connectivity index (χ0v) is 72.1. The van der Waals surface area contributed by atoms with Crippen LogP contribution in [0.2, 0.25) is 5.02 Å². The highest BCUT2D eigenvalue weighted by Crippen LogP contribution is 2.65. The van der Waals surface area contributed by atoms with E-state index in [0.29, 0.717) is 0 Å². The zero-order valence-electron chi connectivity index (χ0n) is 71.4. The summed E-state index contributed by atoms with van der Waals surface area (Å²) >= 11 is 6.59. The summed E-state index contributed by atoms with van der Waals surface area (Å²) < 4.78 is 0. The summed E-state index contributed by atoms with van der Waals surface area (Å²) in [5.41, 5.74) is 40.9. The fourth-order valence-electron chi connectivity index (χ4n) is 21.7. The molecule has 0 heterocycles. The Balaban J connectivity index is 0.000000130. The van der Waals surface area contributed by atoms with E-state index in [4.69, 9.17) is 11.6 Å². The van der Waals surface area contributed by atoms with Crippen LogP contribution in [0.5, 0.6) is 0 Å². The Morgan fingerprint density at radius 3 is 0.977 bits per heavy atom. The van der Waals surface area contributed by atoms with Crippen LogP contribution in [0.1, 0.15) is 102 Å². The van der Waals surface area contributed by atoms with Gasteiger partial charge in [0.1, 0.15) is 0 Å². The Kier molecular flexibility index (Phi) is 20.4. The lowest BCUT2D eigenvalue weighted by molar-refractivity contribution is 0.563. The average molecular weight is 1660 g/mol. The highest BCUT2D eigenvalue weighted by Gasteiger charge is 2.55. The van der Waals surface area contributed by atoms with Crippen LogP contribution in [0.15, 0.2) is 473 Å². The molecule has 0 unspecified atom stereocenters. The molecule has 24 rings (SSSR count). The molecule has 2 spiro atoms. The van der Waals surface area contributed by atoms with Crippen LogP contribution in [0.3, 0.4) is 0 Å². The first-order chi connectivity index (χ1) is 62.5. The van der Waals surface area contributed by atoms with Crippen molar-refractivity contribution in [1.29, 1.82) is 0 Å². The largest absolute Gasteiger partial charge is 0.355 e. The zero-order chi connectivity index (χ0) is 85.4. The first-order valence-electron chi connectivity index (χ1n) is 44.2. The maximum Gasteiger partial charge on any atom is 0.0719 e. The van der Waals surface area contributed by atoms with Crippen LogP contribution in [-0.4, -0.2) is 0 Å². The summed E-state index contributed by atoms with van der Waals surface area (Å²) in [5, 5.41) is 9.02. The third-order valence-corrected chi connectivity index (χ3v) is 27.8. The number of para-hydroxylation sites is 2. The molecule has 0 amide bonds. The fraction of sp³-hybridized carbons (Fsp3) is 0.0720. The molecule has 2 nitrogen and oxygen atoms in total. The summed E-state index contributed by atoms with van der Waals surface area (Å²) in [6.45, 7) is 9.51. The summed E-state index contributed by atoms with van der Waals surface area (Å²) in [4.78, 5) is 2.45. The average Bonchev–Trinajstić information content (AvgIpc) is 1.46. The lowest BCUT2D eigenvalue weighted by Gasteiger charge is -2.46. The van der Waals surface area contributed by atoms with Crippen LogP contribution < -0.4 is 10.2 Å². The van der Waals surface area contributed by atoms with Gasteiger partial charge in [-0.2, -0.15) is 0 Å². The van der Waals surface area contributed by atoms with Gasteiger partial charge < -0.3 is 10.2 Å². The van der Waals surface area contributed by atoms with Crippen molar-refractivity contribution in [2.24, 2.45) is 0 Å². The van der Waals surface area contributed by atoms with Crippen molar-refractivity contribution in [3.05, 3.63) is 545 Å². The number of rotatable bonds is 11. The Bertz CT molecular complexity index is 7500. The van der Waals surface area contributed by atoms with E-state index in [9.17, 15) is 0 Å². The summed E-state index contributed by atoms with van der Waals surface area (Å²) in [7, 11) is 0. The van der Waals surface area contributed by atoms with Gasteiger partial charge in [-0.05, 0) is 216 Å². The molecule has 0 saturated carbocycles. The number of benzene rings is 20. The molecule has 3 heteroatoms. The predicted molar refractivity (Wildman–Crippen MR) is 542 cm³/mol. The third kappa shape index (κ3) is 13.1. The van der Waals surface area contributed by atoms with Crippen LogP contribution in [0.4, 0.5) is 28.4 Å². The van der Waals surface area contributed by atoms with Gasteiger partial charge in [0, 0.05) is 54.8 Å². The second-order valence-electron chi connectivity index (χ2n) is 35.0. The minimum absolute atomic E-state index is 0. The number of halogens is 1. The Labute approximate surface area is 757 Å². The standard InChI is InChI=1S/C62H45N.C38H27Cl.C24H19N.CH4/c1-61(2)55-28-14-16-30-57(55)62(58-31-17-15-29-56(58)61)53-27-13-11-25-50(53)52-41-45(35-39-54(52)62)47-38-40-60(51-26-10-9-24-49(47)51)63(46-36-33-43(34-37-46)42-19-5-3-6-20-42)59-32-18-12-23-48(59)44-21-7-4-8-22-44;1-37(2)32-15-7-9-17-34(32)38(35-18-10-8-16-33(35)37)30-14-6-5-12-27(30)29-23-24(19-21-31(29)38)25-20-22-36(39)28-13-4-3-11-26(25)28;1-3-9-19(10-4-1)20-15-17-22(18-16-20)25-24-14-8-7-13-23(24)21-11-5-2-6-12-21;/h3-41H,1-2H3;3-23H,1-2H3;1-18,25H;1H4. The highest BCUT2D eigenvalue weighted by molar-refractivity contribution is 6.36. The number of hydrogen-bond acceptors (Lipinski definition) is 2. The lowest BCUT2D eigenvalue weighted by Crippen LogP contribution is -2.40. The normalized spacial score (nSPS) is 13.5. The van der Waals surface area contributed by atoms with Gasteiger partial charge in [-0.25, -0.2) is 0 Å². The number of hydrogen-bond donors (Lipinski definition) is 1. The smallest absolute Gasteiger partial charge is 0.0719 e. The first-order valence-corrected chi connectivity index (χ1v) is 44.6. The molecule has 0 radical (unpaired) electrons. The minimum atomic E-state index is -0.415. The van der Waals surface area contributed by atoms with E-state index in [0.717, 1.165) is 38.8 Å². The molecule has 0 atom stereocenters. The van der Waals surface area contributed by atoms with Crippen molar-refractivity contribution in [3.63, 3.8) is 0 Å². The Morgan fingerprint density at radius 1 is 0.203 bits per heavy atom. The number of nitrogens with one attached hydrogen (secondary N) is 1. The van der Waals surface area contributed by atoms with Crippen molar-refractivity contribution >= 4 is 61.6 Å². The first kappa shape index (κ1) is 80.0. The van der Waals surface area contributed by atoms with Crippen molar-refractivity contribution in [2.45, 2.75) is 56.8 Å². The quantitative estimate of drug-likeness (QED) is 0.139. The fourth-order valence-corrected chi connectivity index (χ4v) is 21.9. The van der Waals surface area contributed by atoms with E-state index in [1.807, 2.05) is 18.2 Å². The van der Waals surface area contributed by atoms with Crippen LogP contribution in [0.25, 0.3) is 111 Å². The molecule has 0 aliphatic heterocycles. The Morgan fingerprint density at radius 2 is 0.516 bits per heavy atom. The van der Waals surface area contributed by atoms with E-state index in [1.165, 1.54) is 172 Å². The van der Waals surface area contributed by atoms with Gasteiger partial charge in [-0.1, -0.05) is 459 Å². The predicted octanol–water partition coefficient (Wildman–Crippen LogP) is 33.9. The molecule has 4 aliphatic carbocycles. The van der Waals surface area contributed by atoms with Crippen molar-refractivity contribution in [2.75, 3.05) is 10.2 Å². The summed E-state index contributed by atoms with van der Waals surface area (Å²) in [5.74, 6) is 0. The monoisotopic (exact) mass is 1660 g/mol. The van der Waals surface area contributed by atoms with Crippen molar-refractivity contribution < 1.29 is 0 Å². The number of anilines is 5. The molecule has 0 fully saturated rings. The van der Waals surface area contributed by atoms with E-state index < -0.39 is 5.41 Å². The van der Waals surface area contributed by atoms with Gasteiger partial charge in [-0.3, -0.25) is 0 Å². The van der Waals surface area contributed by atoms with Crippen LogP contribution >= 0.6 is 11.6 Å². The number of fused-ring (bicyclic) bond motifs is 20. The SMILES string of the molecule is C.CC1(C)c2ccccc2C2(c3ccccc3-c3cc(-c4ccc(Cl)c5ccccc45)ccc32)c2ccccc21.CC1(C)c2ccccc2C2(c3ccccc3-c3cc(-c4ccc(N(c5ccc(-c6ccccc6)cc5)c5ccccc5-c5ccccc5)c5ccccc45)ccc32)c2ccccc21.c1ccc(-c2ccc(Nc3ccccc3-c3ccccc3)cc2)cc1. The van der Waals surface area contributed by atoms with Gasteiger partial charge in [-0.15, -0.1) is 0 Å². The summed E-state index contributed by atoms with van der Waals surface area (Å²) in [6.07, 6.45) is 0. The second-order valence-corrected chi connectivity index (χ2v) is 35.4. The lowest BCUT2D eigenvalue weighted by atomic mass is 9.55. The summed E-state index contributed by atoms with van der Waals surface area (Å²) in [6, 6.07) is 172. The maximum absolute atomic E-state index is 6.59. The van der Waals surface area contributed by atoms with Crippen molar-refractivity contribution in [3.8, 4) is 89.0 Å². The van der Waals surface area contributed by atoms with E-state index in [2.05, 4.69) is 493 Å². The molecule has 20 aromatic rings. The molecule has 20 aromatic carbocycles. The Hall–Kier alpha value is -15.2. The molecule has 4 aliphatic rings. The van der Waals surface area contributed by atoms with E-state index in [-0.39, 0.29) is 23.7 Å². The van der Waals surface area contributed by atoms with Gasteiger partial charge >= 0.3 is 0 Å². The molecule has 1 N–H and O–H groups in total. The minimum Gasteiger partial charge on any atom is -0.355 e. The molecular weight excluding hydrogens is 1560 g/mol. The molecule has 612 valence electrons. The van der Waals surface area contributed by atoms with Crippen LogP contribution in [-0.2, 0) is 21.7 Å². The molecular formula is C125H95ClN2. The number of nitrogens with zero attached hydrogens (tertiary/aromatic N) is 1. The highest BCUT2D eigenvalue weighted by atomic mass is 35.5. The maximum atomic E-state index is 6.59. The topological polar surface area (TPSA) is 15.3 Å². The van der Waals surface area contributed by atoms with Gasteiger partial charge in [0.2, 0.25) is 0 Å².